The average Bonchev–Trinajstić information content (AvgIpc) is 2.47. The number of hydrogen-bond acceptors (Lipinski definition) is 2. The maximum Gasteiger partial charge on any atom is 0.0908 e. The van der Waals surface area contributed by atoms with Gasteiger partial charge in [-0.2, -0.15) is 5.10 Å². The Morgan fingerprint density at radius 2 is 2.36 bits per heavy atom. The average molecular weight is 194 g/mol. The molecule has 0 aliphatic carbocycles. The van der Waals surface area contributed by atoms with Crippen molar-refractivity contribution in [1.29, 1.82) is 5.41 Å². The van der Waals surface area contributed by atoms with Crippen LogP contribution in [0.1, 0.15) is 31.5 Å². The minimum Gasteiger partial charge on any atom is -0.388 e. The van der Waals surface area contributed by atoms with E-state index < -0.39 is 0 Å². The van der Waals surface area contributed by atoms with Gasteiger partial charge in [-0.25, -0.2) is 0 Å². The van der Waals surface area contributed by atoms with Crippen molar-refractivity contribution in [3.8, 4) is 0 Å². The second-order valence-electron chi connectivity index (χ2n) is 4.00. The van der Waals surface area contributed by atoms with E-state index in [0.717, 1.165) is 12.8 Å². The molecule has 1 rings (SSSR count). The van der Waals surface area contributed by atoms with Crippen LogP contribution in [-0.4, -0.2) is 16.0 Å². The van der Waals surface area contributed by atoms with Gasteiger partial charge in [0.25, 0.3) is 0 Å². The van der Waals surface area contributed by atoms with Gasteiger partial charge in [0.1, 0.15) is 0 Å². The maximum absolute atomic E-state index is 7.16. The summed E-state index contributed by atoms with van der Waals surface area (Å²) in [6.45, 7) is 4.35. The summed E-state index contributed by atoms with van der Waals surface area (Å²) in [5.41, 5.74) is 7.68. The van der Waals surface area contributed by atoms with Crippen LogP contribution in [0.4, 0.5) is 0 Å². The molecule has 78 valence electrons. The zero-order chi connectivity index (χ0) is 10.6. The van der Waals surface area contributed by atoms with Crippen LogP contribution in [0, 0.1) is 11.3 Å². The molecule has 0 atom stereocenters. The molecule has 0 unspecified atom stereocenters. The van der Waals surface area contributed by atoms with Crippen LogP contribution in [0.15, 0.2) is 6.20 Å². The lowest BCUT2D eigenvalue weighted by Gasteiger charge is -2.05. The smallest absolute Gasteiger partial charge is 0.0908 e. The Labute approximate surface area is 84.4 Å². The molecule has 0 fully saturated rings. The lowest BCUT2D eigenvalue weighted by atomic mass is 10.0. The summed E-state index contributed by atoms with van der Waals surface area (Å²) in [7, 11) is 0. The van der Waals surface area contributed by atoms with Crippen LogP contribution in [-0.2, 0) is 12.8 Å². The Hall–Kier alpha value is -1.32. The van der Waals surface area contributed by atoms with Gasteiger partial charge in [0.15, 0.2) is 0 Å². The molecule has 0 saturated heterocycles. The van der Waals surface area contributed by atoms with Crippen LogP contribution in [0.3, 0.4) is 0 Å². The highest BCUT2D eigenvalue weighted by atomic mass is 15.1. The second-order valence-corrected chi connectivity index (χ2v) is 4.00. The van der Waals surface area contributed by atoms with E-state index in [1.807, 2.05) is 6.20 Å². The number of aromatic amines is 1. The number of amidine groups is 1. The molecule has 1 aromatic heterocycles. The van der Waals surface area contributed by atoms with E-state index in [1.54, 1.807) is 0 Å². The largest absolute Gasteiger partial charge is 0.388 e. The Bertz CT molecular complexity index is 301. The normalized spacial score (nSPS) is 10.8. The molecule has 1 heterocycles. The van der Waals surface area contributed by atoms with E-state index in [9.17, 15) is 0 Å². The first-order chi connectivity index (χ1) is 6.59. The van der Waals surface area contributed by atoms with Crippen LogP contribution < -0.4 is 5.73 Å². The van der Waals surface area contributed by atoms with Crippen molar-refractivity contribution < 1.29 is 0 Å². The fraction of sp³-hybridized carbons (Fsp3) is 0.600. The molecule has 1 aromatic rings. The first kappa shape index (κ1) is 10.8. The summed E-state index contributed by atoms with van der Waals surface area (Å²) in [5.74, 6) is 0.855. The van der Waals surface area contributed by atoms with E-state index in [0.29, 0.717) is 12.3 Å². The summed E-state index contributed by atoms with van der Waals surface area (Å²) in [4.78, 5) is 0. The Kier molecular flexibility index (Phi) is 3.68. The fourth-order valence-corrected chi connectivity index (χ4v) is 1.41. The third-order valence-electron chi connectivity index (χ3n) is 2.08. The van der Waals surface area contributed by atoms with E-state index >= 15 is 0 Å². The highest BCUT2D eigenvalue weighted by molar-refractivity contribution is 5.77. The van der Waals surface area contributed by atoms with Crippen molar-refractivity contribution in [1.82, 2.24) is 10.2 Å². The highest BCUT2D eigenvalue weighted by Gasteiger charge is 2.07. The van der Waals surface area contributed by atoms with Crippen LogP contribution in [0.2, 0.25) is 0 Å². The lowest BCUT2D eigenvalue weighted by molar-refractivity contribution is 0.629. The van der Waals surface area contributed by atoms with Crippen LogP contribution in [0.25, 0.3) is 0 Å². The summed E-state index contributed by atoms with van der Waals surface area (Å²) in [6.07, 6.45) is 4.27. The molecule has 0 amide bonds. The van der Waals surface area contributed by atoms with Gasteiger partial charge < -0.3 is 5.73 Å². The van der Waals surface area contributed by atoms with Gasteiger partial charge in [-0.1, -0.05) is 13.8 Å². The Morgan fingerprint density at radius 1 is 1.64 bits per heavy atom. The molecule has 0 aliphatic heterocycles. The topological polar surface area (TPSA) is 78.5 Å². The van der Waals surface area contributed by atoms with Gasteiger partial charge in [-0.05, 0) is 24.3 Å². The first-order valence-corrected chi connectivity index (χ1v) is 4.93. The molecular formula is C10H18N4. The Balaban J connectivity index is 2.58. The van der Waals surface area contributed by atoms with Gasteiger partial charge in [-0.3, -0.25) is 10.5 Å². The predicted molar refractivity (Wildman–Crippen MR) is 57.4 cm³/mol. The second kappa shape index (κ2) is 4.79. The molecule has 0 spiro atoms. The molecule has 4 nitrogen and oxygen atoms in total. The van der Waals surface area contributed by atoms with Crippen LogP contribution >= 0.6 is 0 Å². The van der Waals surface area contributed by atoms with Crippen molar-refractivity contribution in [3.63, 3.8) is 0 Å². The van der Waals surface area contributed by atoms with Crippen molar-refractivity contribution in [2.24, 2.45) is 11.7 Å². The minimum atomic E-state index is 0.238. The SMILES string of the molecule is CC(C)Cc1[nH]ncc1CCC(=N)N. The molecule has 0 aromatic carbocycles. The van der Waals surface area contributed by atoms with Gasteiger partial charge >= 0.3 is 0 Å². The summed E-state index contributed by atoms with van der Waals surface area (Å²) in [6, 6.07) is 0. The molecule has 14 heavy (non-hydrogen) atoms. The van der Waals surface area contributed by atoms with E-state index in [2.05, 4.69) is 24.0 Å². The van der Waals surface area contributed by atoms with Crippen LogP contribution in [0.5, 0.6) is 0 Å². The number of rotatable bonds is 5. The zero-order valence-electron chi connectivity index (χ0n) is 8.80. The number of aromatic nitrogens is 2. The third-order valence-corrected chi connectivity index (χ3v) is 2.08. The number of hydrogen-bond donors (Lipinski definition) is 3. The zero-order valence-corrected chi connectivity index (χ0v) is 8.80. The predicted octanol–water partition coefficient (Wildman–Crippen LogP) is 1.48. The quantitative estimate of drug-likeness (QED) is 0.490. The van der Waals surface area contributed by atoms with Gasteiger partial charge in [0, 0.05) is 12.1 Å². The summed E-state index contributed by atoms with van der Waals surface area (Å²) in [5, 5.41) is 14.2. The highest BCUT2D eigenvalue weighted by Crippen LogP contribution is 2.12. The number of nitrogens with zero attached hydrogens (tertiary/aromatic N) is 1. The number of nitrogens with one attached hydrogen (secondary N) is 2. The fourth-order valence-electron chi connectivity index (χ4n) is 1.41. The molecule has 0 saturated carbocycles. The maximum atomic E-state index is 7.16. The number of nitrogens with two attached hydrogens (primary N) is 1. The molecule has 4 N–H and O–H groups in total. The van der Waals surface area contributed by atoms with E-state index in [4.69, 9.17) is 11.1 Å². The van der Waals surface area contributed by atoms with Crippen molar-refractivity contribution in [2.75, 3.05) is 0 Å². The molecule has 0 aliphatic rings. The summed E-state index contributed by atoms with van der Waals surface area (Å²) < 4.78 is 0. The van der Waals surface area contributed by atoms with Crippen molar-refractivity contribution in [3.05, 3.63) is 17.5 Å². The monoisotopic (exact) mass is 194 g/mol. The van der Waals surface area contributed by atoms with Gasteiger partial charge in [-0.15, -0.1) is 0 Å². The number of H-pyrrole nitrogens is 1. The van der Waals surface area contributed by atoms with Crippen molar-refractivity contribution >= 4 is 5.84 Å². The summed E-state index contributed by atoms with van der Waals surface area (Å²) >= 11 is 0. The van der Waals surface area contributed by atoms with Gasteiger partial charge in [0.05, 0.1) is 12.0 Å². The van der Waals surface area contributed by atoms with E-state index in [1.165, 1.54) is 11.3 Å². The third kappa shape index (κ3) is 3.20. The molecule has 4 heteroatoms. The van der Waals surface area contributed by atoms with Crippen molar-refractivity contribution in [2.45, 2.75) is 33.1 Å². The molecule has 0 radical (unpaired) electrons. The standard InChI is InChI=1S/C10H18N4/c1-7(2)5-9-8(6-13-14-9)3-4-10(11)12/h6-7H,3-5H2,1-2H3,(H3,11,12)(H,13,14). The number of aryl methyl sites for hydroxylation is 1. The van der Waals surface area contributed by atoms with E-state index in [-0.39, 0.29) is 5.84 Å². The molecular weight excluding hydrogens is 176 g/mol. The first-order valence-electron chi connectivity index (χ1n) is 4.93. The Morgan fingerprint density at radius 3 is 2.93 bits per heavy atom. The molecule has 0 bridgehead atoms. The lowest BCUT2D eigenvalue weighted by Crippen LogP contribution is -2.10. The van der Waals surface area contributed by atoms with Gasteiger partial charge in [0.2, 0.25) is 0 Å². The minimum absolute atomic E-state index is 0.238.